The number of halogens is 2. The second-order valence-corrected chi connectivity index (χ2v) is 4.54. The minimum absolute atomic E-state index is 0.693. The van der Waals surface area contributed by atoms with Crippen LogP contribution in [0.1, 0.15) is 29.3 Å². The molecule has 0 fully saturated rings. The molecule has 0 amide bonds. The van der Waals surface area contributed by atoms with Crippen LogP contribution in [-0.4, -0.2) is 6.29 Å². The van der Waals surface area contributed by atoms with Gasteiger partial charge in [0.05, 0.1) is 0 Å². The molecule has 0 aromatic heterocycles. The van der Waals surface area contributed by atoms with Gasteiger partial charge in [0.15, 0.2) is 0 Å². The lowest BCUT2D eigenvalue weighted by Gasteiger charge is -2.06. The summed E-state index contributed by atoms with van der Waals surface area (Å²) in [6.07, 6.45) is 2.96. The average molecular weight is 306 g/mol. The molecular formula is C10H10Br2O. The van der Waals surface area contributed by atoms with E-state index in [-0.39, 0.29) is 0 Å². The quantitative estimate of drug-likeness (QED) is 0.772. The minimum atomic E-state index is 0.693. The van der Waals surface area contributed by atoms with Crippen LogP contribution in [0, 0.1) is 0 Å². The summed E-state index contributed by atoms with van der Waals surface area (Å²) in [5.74, 6) is 0. The predicted molar refractivity (Wildman–Crippen MR) is 61.2 cm³/mol. The average Bonchev–Trinajstić information content (AvgIpc) is 2.11. The number of rotatable bonds is 3. The Labute approximate surface area is 94.8 Å². The van der Waals surface area contributed by atoms with Crippen LogP contribution in [0.4, 0.5) is 0 Å². The molecular weight excluding hydrogens is 296 g/mol. The van der Waals surface area contributed by atoms with Crippen molar-refractivity contribution in [3.63, 3.8) is 0 Å². The molecule has 0 aliphatic rings. The Bertz CT molecular complexity index is 298. The van der Waals surface area contributed by atoms with Crippen molar-refractivity contribution in [2.75, 3.05) is 0 Å². The van der Waals surface area contributed by atoms with Crippen LogP contribution in [0.5, 0.6) is 0 Å². The van der Waals surface area contributed by atoms with E-state index in [0.717, 1.165) is 28.1 Å². The molecule has 3 heteroatoms. The van der Waals surface area contributed by atoms with E-state index in [2.05, 4.69) is 38.8 Å². The van der Waals surface area contributed by atoms with E-state index >= 15 is 0 Å². The second-order valence-electron chi connectivity index (χ2n) is 2.83. The molecule has 0 aliphatic heterocycles. The topological polar surface area (TPSA) is 17.1 Å². The number of aldehydes is 1. The molecule has 0 saturated heterocycles. The first-order chi connectivity index (χ1) is 6.19. The number of carbonyl (C=O) groups is 1. The summed E-state index contributed by atoms with van der Waals surface area (Å²) in [4.78, 5) is 10.5. The molecule has 0 unspecified atom stereocenters. The minimum Gasteiger partial charge on any atom is -0.298 e. The first-order valence-electron chi connectivity index (χ1n) is 4.12. The molecule has 0 aliphatic carbocycles. The summed E-state index contributed by atoms with van der Waals surface area (Å²) in [6, 6.07) is 3.70. The van der Waals surface area contributed by atoms with E-state index in [0.29, 0.717) is 5.56 Å². The summed E-state index contributed by atoms with van der Waals surface area (Å²) >= 11 is 6.90. The molecule has 0 N–H and O–H groups in total. The van der Waals surface area contributed by atoms with E-state index in [4.69, 9.17) is 0 Å². The van der Waals surface area contributed by atoms with Gasteiger partial charge >= 0.3 is 0 Å². The van der Waals surface area contributed by atoms with Crippen molar-refractivity contribution < 1.29 is 4.79 Å². The van der Waals surface area contributed by atoms with Gasteiger partial charge in [-0.2, -0.15) is 0 Å². The Balaban J connectivity index is 3.14. The van der Waals surface area contributed by atoms with Crippen molar-refractivity contribution in [3.8, 4) is 0 Å². The number of carbonyl (C=O) groups excluding carboxylic acids is 1. The van der Waals surface area contributed by atoms with Crippen molar-refractivity contribution in [2.45, 2.75) is 19.8 Å². The fraction of sp³-hybridized carbons (Fsp3) is 0.300. The number of hydrogen-bond donors (Lipinski definition) is 0. The van der Waals surface area contributed by atoms with E-state index in [1.54, 1.807) is 0 Å². The zero-order valence-corrected chi connectivity index (χ0v) is 10.5. The van der Waals surface area contributed by atoms with Gasteiger partial charge in [0.1, 0.15) is 6.29 Å². The van der Waals surface area contributed by atoms with Gasteiger partial charge in [0.2, 0.25) is 0 Å². The van der Waals surface area contributed by atoms with Gasteiger partial charge in [-0.05, 0) is 24.1 Å². The second kappa shape index (κ2) is 4.91. The molecule has 1 aromatic rings. The molecule has 13 heavy (non-hydrogen) atoms. The smallest absolute Gasteiger partial charge is 0.150 e. The number of hydrogen-bond acceptors (Lipinski definition) is 1. The summed E-state index contributed by atoms with van der Waals surface area (Å²) in [6.45, 7) is 2.13. The molecule has 1 rings (SSSR count). The molecule has 0 atom stereocenters. The van der Waals surface area contributed by atoms with Gasteiger partial charge < -0.3 is 0 Å². The third kappa shape index (κ3) is 2.64. The lowest BCUT2D eigenvalue weighted by Crippen LogP contribution is -1.90. The zero-order chi connectivity index (χ0) is 9.84. The molecule has 0 spiro atoms. The Hall–Kier alpha value is -0.150. The Morgan fingerprint density at radius 1 is 1.31 bits per heavy atom. The van der Waals surface area contributed by atoms with Crippen molar-refractivity contribution in [3.05, 3.63) is 32.2 Å². The standard InChI is InChI=1S/C10H10Br2O/c1-2-3-8-9(11)4-7(6-13)5-10(8)12/h4-6H,2-3H2,1H3. The Kier molecular flexibility index (Phi) is 4.13. The number of benzene rings is 1. The van der Waals surface area contributed by atoms with Gasteiger partial charge in [-0.1, -0.05) is 45.2 Å². The normalized spacial score (nSPS) is 10.1. The van der Waals surface area contributed by atoms with Crippen LogP contribution in [0.25, 0.3) is 0 Å². The van der Waals surface area contributed by atoms with Crippen molar-refractivity contribution in [1.29, 1.82) is 0 Å². The lowest BCUT2D eigenvalue weighted by atomic mass is 10.1. The fourth-order valence-electron chi connectivity index (χ4n) is 1.18. The lowest BCUT2D eigenvalue weighted by molar-refractivity contribution is 0.112. The van der Waals surface area contributed by atoms with Crippen molar-refractivity contribution in [2.24, 2.45) is 0 Å². The van der Waals surface area contributed by atoms with Gasteiger partial charge in [0, 0.05) is 14.5 Å². The van der Waals surface area contributed by atoms with E-state index in [1.165, 1.54) is 5.56 Å². The van der Waals surface area contributed by atoms with Crippen LogP contribution in [-0.2, 0) is 6.42 Å². The first kappa shape index (κ1) is 10.9. The van der Waals surface area contributed by atoms with Gasteiger partial charge in [-0.3, -0.25) is 4.79 Å². The largest absolute Gasteiger partial charge is 0.298 e. The highest BCUT2D eigenvalue weighted by Gasteiger charge is 2.05. The summed E-state index contributed by atoms with van der Waals surface area (Å²) in [7, 11) is 0. The van der Waals surface area contributed by atoms with E-state index in [9.17, 15) is 4.79 Å². The third-order valence-electron chi connectivity index (χ3n) is 1.80. The van der Waals surface area contributed by atoms with Crippen LogP contribution in [0.3, 0.4) is 0 Å². The monoisotopic (exact) mass is 304 g/mol. The van der Waals surface area contributed by atoms with Crippen molar-refractivity contribution in [1.82, 2.24) is 0 Å². The van der Waals surface area contributed by atoms with Gasteiger partial charge in [-0.15, -0.1) is 0 Å². The maximum Gasteiger partial charge on any atom is 0.150 e. The van der Waals surface area contributed by atoms with Crippen LogP contribution < -0.4 is 0 Å². The Morgan fingerprint density at radius 3 is 2.23 bits per heavy atom. The molecule has 0 heterocycles. The fourth-order valence-corrected chi connectivity index (χ4v) is 2.80. The molecule has 1 aromatic carbocycles. The summed E-state index contributed by atoms with van der Waals surface area (Å²) in [5.41, 5.74) is 1.92. The van der Waals surface area contributed by atoms with E-state index in [1.807, 2.05) is 12.1 Å². The summed E-state index contributed by atoms with van der Waals surface area (Å²) < 4.78 is 2.01. The highest BCUT2D eigenvalue weighted by molar-refractivity contribution is 9.11. The van der Waals surface area contributed by atoms with E-state index < -0.39 is 0 Å². The highest BCUT2D eigenvalue weighted by Crippen LogP contribution is 2.27. The van der Waals surface area contributed by atoms with Crippen LogP contribution in [0.15, 0.2) is 21.1 Å². The zero-order valence-electron chi connectivity index (χ0n) is 7.31. The summed E-state index contributed by atoms with van der Waals surface area (Å²) in [5, 5.41) is 0. The maximum atomic E-state index is 10.5. The van der Waals surface area contributed by atoms with Gasteiger partial charge in [-0.25, -0.2) is 0 Å². The molecule has 0 saturated carbocycles. The highest BCUT2D eigenvalue weighted by atomic mass is 79.9. The Morgan fingerprint density at radius 2 is 1.85 bits per heavy atom. The SMILES string of the molecule is CCCc1c(Br)cc(C=O)cc1Br. The predicted octanol–water partition coefficient (Wildman–Crippen LogP) is 3.98. The molecule has 0 radical (unpaired) electrons. The van der Waals surface area contributed by atoms with Crippen LogP contribution in [0.2, 0.25) is 0 Å². The third-order valence-corrected chi connectivity index (χ3v) is 3.21. The van der Waals surface area contributed by atoms with Crippen molar-refractivity contribution >= 4 is 38.1 Å². The van der Waals surface area contributed by atoms with Crippen LogP contribution >= 0.6 is 31.9 Å². The molecule has 1 nitrogen and oxygen atoms in total. The molecule has 0 bridgehead atoms. The maximum absolute atomic E-state index is 10.5. The van der Waals surface area contributed by atoms with Gasteiger partial charge in [0.25, 0.3) is 0 Å². The molecule has 70 valence electrons. The first-order valence-corrected chi connectivity index (χ1v) is 5.70.